The fourth-order valence-electron chi connectivity index (χ4n) is 4.69. The van der Waals surface area contributed by atoms with E-state index in [1.165, 1.54) is 12.0 Å². The Morgan fingerprint density at radius 3 is 2.57 bits per heavy atom. The Kier molecular flexibility index (Phi) is 5.79. The van der Waals surface area contributed by atoms with Crippen LogP contribution in [0.1, 0.15) is 39.2 Å². The van der Waals surface area contributed by atoms with E-state index < -0.39 is 11.8 Å². The highest BCUT2D eigenvalue weighted by Crippen LogP contribution is 2.41. The minimum atomic E-state index is -0.990. The molecule has 1 heterocycles. The van der Waals surface area contributed by atoms with Crippen LogP contribution in [0.15, 0.2) is 42.0 Å². The molecule has 1 aromatic carbocycles. The van der Waals surface area contributed by atoms with Gasteiger partial charge in [0, 0.05) is 0 Å². The van der Waals surface area contributed by atoms with E-state index >= 15 is 0 Å². The average Bonchev–Trinajstić information content (AvgIpc) is 3.11. The molecular weight excluding hydrogens is 358 g/mol. The van der Waals surface area contributed by atoms with Crippen LogP contribution in [0.25, 0.3) is 0 Å². The van der Waals surface area contributed by atoms with Gasteiger partial charge in [-0.1, -0.05) is 42.0 Å². The summed E-state index contributed by atoms with van der Waals surface area (Å²) in [5.41, 5.74) is 1.30. The molecule has 1 fully saturated rings. The maximum Gasteiger partial charge on any atom is 0.409 e. The lowest BCUT2D eigenvalue weighted by Gasteiger charge is -2.31. The maximum atomic E-state index is 12.2. The smallest absolute Gasteiger partial charge is 0.409 e. The summed E-state index contributed by atoms with van der Waals surface area (Å²) in [6.07, 6.45) is 2.66. The van der Waals surface area contributed by atoms with Crippen LogP contribution in [0.2, 0.25) is 0 Å². The second-order valence-electron chi connectivity index (χ2n) is 8.26. The first-order valence-corrected chi connectivity index (χ1v) is 9.72. The molecule has 6 heteroatoms. The third kappa shape index (κ3) is 4.07. The zero-order chi connectivity index (χ0) is 20.5. The van der Waals surface area contributed by atoms with Crippen molar-refractivity contribution in [1.29, 1.82) is 0 Å². The van der Waals surface area contributed by atoms with Gasteiger partial charge in [-0.3, -0.25) is 9.69 Å². The number of carbonyl (C=O) groups is 2. The first-order chi connectivity index (χ1) is 13.2. The Bertz CT molecular complexity index is 757. The number of esters is 1. The molecule has 2 aliphatic rings. The molecule has 0 saturated carbocycles. The minimum Gasteiger partial charge on any atom is -0.469 e. The molecule has 3 rings (SSSR count). The van der Waals surface area contributed by atoms with Crippen molar-refractivity contribution in [3.8, 4) is 0 Å². The van der Waals surface area contributed by atoms with Crippen molar-refractivity contribution in [2.75, 3.05) is 7.11 Å². The number of hydrogen-bond acceptors (Lipinski definition) is 4. The van der Waals surface area contributed by atoms with Crippen LogP contribution >= 0.6 is 0 Å². The number of hydrogen-bond donors (Lipinski definition) is 1. The molecule has 0 radical (unpaired) electrons. The quantitative estimate of drug-likeness (QED) is 0.613. The first-order valence-electron chi connectivity index (χ1n) is 9.72. The van der Waals surface area contributed by atoms with Gasteiger partial charge in [-0.25, -0.2) is 4.79 Å². The van der Waals surface area contributed by atoms with Crippen molar-refractivity contribution in [1.82, 2.24) is 4.90 Å². The molecule has 1 amide bonds. The topological polar surface area (TPSA) is 76.1 Å². The summed E-state index contributed by atoms with van der Waals surface area (Å²) < 4.78 is 11.2. The molecule has 4 unspecified atom stereocenters. The van der Waals surface area contributed by atoms with Crippen LogP contribution in [0.3, 0.4) is 0 Å². The van der Waals surface area contributed by atoms with Gasteiger partial charge in [0.1, 0.15) is 5.72 Å². The molecule has 0 spiro atoms. The molecule has 1 saturated heterocycles. The fourth-order valence-corrected chi connectivity index (χ4v) is 4.69. The maximum absolute atomic E-state index is 12.2. The Balaban J connectivity index is 1.86. The Morgan fingerprint density at radius 1 is 1.29 bits per heavy atom. The molecular formula is C22H29NO5. The minimum absolute atomic E-state index is 0.0136. The normalized spacial score (nSPS) is 28.9. The summed E-state index contributed by atoms with van der Waals surface area (Å²) in [5, 5.41) is 9.86. The lowest BCUT2D eigenvalue weighted by Crippen LogP contribution is -2.48. The monoisotopic (exact) mass is 387 g/mol. The van der Waals surface area contributed by atoms with Crippen molar-refractivity contribution in [3.63, 3.8) is 0 Å². The second-order valence-corrected chi connectivity index (χ2v) is 8.26. The van der Waals surface area contributed by atoms with Gasteiger partial charge in [0.05, 0.1) is 25.2 Å². The van der Waals surface area contributed by atoms with Crippen molar-refractivity contribution < 1.29 is 24.2 Å². The predicted octanol–water partition coefficient (Wildman–Crippen LogP) is 3.86. The number of benzene rings is 1. The lowest BCUT2D eigenvalue weighted by atomic mass is 9.87. The summed E-state index contributed by atoms with van der Waals surface area (Å²) in [6, 6.07) is 9.53. The molecule has 152 valence electrons. The number of carboxylic acid groups (broad SMARTS) is 1. The highest BCUT2D eigenvalue weighted by molar-refractivity contribution is 5.74. The zero-order valence-electron chi connectivity index (χ0n) is 16.9. The predicted molar refractivity (Wildman–Crippen MR) is 105 cm³/mol. The molecule has 28 heavy (non-hydrogen) atoms. The van der Waals surface area contributed by atoms with E-state index in [2.05, 4.69) is 6.08 Å². The van der Waals surface area contributed by atoms with Gasteiger partial charge in [0.25, 0.3) is 0 Å². The van der Waals surface area contributed by atoms with Gasteiger partial charge >= 0.3 is 12.1 Å². The van der Waals surface area contributed by atoms with Crippen molar-refractivity contribution >= 4 is 12.1 Å². The third-order valence-electron chi connectivity index (χ3n) is 5.84. The Morgan fingerprint density at radius 2 is 1.96 bits per heavy atom. The molecule has 0 bridgehead atoms. The van der Waals surface area contributed by atoms with Crippen LogP contribution in [-0.4, -0.2) is 47.0 Å². The number of carbonyl (C=O) groups excluding carboxylic acids is 1. The summed E-state index contributed by atoms with van der Waals surface area (Å²) in [4.78, 5) is 25.7. The fraction of sp³-hybridized carbons (Fsp3) is 0.545. The van der Waals surface area contributed by atoms with Crippen LogP contribution < -0.4 is 0 Å². The highest BCUT2D eigenvalue weighted by atomic mass is 16.6. The average molecular weight is 387 g/mol. The van der Waals surface area contributed by atoms with Gasteiger partial charge < -0.3 is 14.6 Å². The van der Waals surface area contributed by atoms with Crippen LogP contribution in [0.4, 0.5) is 4.79 Å². The molecule has 4 atom stereocenters. The molecule has 6 nitrogen and oxygen atoms in total. The summed E-state index contributed by atoms with van der Waals surface area (Å²) >= 11 is 0. The number of methoxy groups -OCH3 is 1. The summed E-state index contributed by atoms with van der Waals surface area (Å²) in [6.45, 7) is 5.58. The Labute approximate surface area is 166 Å². The number of nitrogens with zero attached hydrogens (tertiary/aromatic N) is 1. The molecule has 1 aliphatic heterocycles. The Hall–Kier alpha value is -2.34. The number of allylic oxidation sites excluding steroid dienone is 2. The largest absolute Gasteiger partial charge is 0.469 e. The number of ether oxygens (including phenoxy) is 2. The third-order valence-corrected chi connectivity index (χ3v) is 5.84. The van der Waals surface area contributed by atoms with Crippen LogP contribution in [0, 0.1) is 11.8 Å². The van der Waals surface area contributed by atoms with Gasteiger partial charge in [-0.05, 0) is 51.5 Å². The lowest BCUT2D eigenvalue weighted by molar-refractivity contribution is -0.146. The highest BCUT2D eigenvalue weighted by Gasteiger charge is 2.51. The van der Waals surface area contributed by atoms with Gasteiger partial charge in [-0.15, -0.1) is 0 Å². The number of amides is 1. The second kappa shape index (κ2) is 7.95. The van der Waals surface area contributed by atoms with Gasteiger partial charge in [0.2, 0.25) is 0 Å². The van der Waals surface area contributed by atoms with Crippen molar-refractivity contribution in [2.45, 2.75) is 57.9 Å². The zero-order valence-corrected chi connectivity index (χ0v) is 16.9. The van der Waals surface area contributed by atoms with Gasteiger partial charge in [-0.2, -0.15) is 0 Å². The van der Waals surface area contributed by atoms with Crippen molar-refractivity contribution in [2.24, 2.45) is 11.8 Å². The van der Waals surface area contributed by atoms with Crippen molar-refractivity contribution in [3.05, 3.63) is 47.5 Å². The van der Waals surface area contributed by atoms with Crippen LogP contribution in [-0.2, 0) is 20.7 Å². The molecule has 1 N–H and O–H groups in total. The molecule has 1 aromatic rings. The SMILES string of the molecule is COC(=O)C1CC(C)=CC1CC1OC(C)(C)N(C(=O)O)C1Cc1ccccc1. The summed E-state index contributed by atoms with van der Waals surface area (Å²) in [5.74, 6) is -0.460. The standard InChI is InChI=1S/C22H29NO5/c1-14-10-16(17(11-14)20(24)27-4)13-19-18(12-15-8-6-5-7-9-15)23(21(25)26)22(2,3)28-19/h5-10,16-19H,11-13H2,1-4H3,(H,25,26). The summed E-state index contributed by atoms with van der Waals surface area (Å²) in [7, 11) is 1.41. The van der Waals surface area contributed by atoms with Crippen LogP contribution in [0.5, 0.6) is 0 Å². The van der Waals surface area contributed by atoms with E-state index in [4.69, 9.17) is 9.47 Å². The van der Waals surface area contributed by atoms with E-state index in [-0.39, 0.29) is 30.0 Å². The van der Waals surface area contributed by atoms with E-state index in [0.29, 0.717) is 19.3 Å². The number of rotatable bonds is 5. The van der Waals surface area contributed by atoms with E-state index in [1.807, 2.05) is 37.3 Å². The first kappa shape index (κ1) is 20.4. The molecule has 0 aromatic heterocycles. The van der Waals surface area contributed by atoms with E-state index in [0.717, 1.165) is 11.1 Å². The van der Waals surface area contributed by atoms with E-state index in [1.54, 1.807) is 13.8 Å². The molecule has 1 aliphatic carbocycles. The van der Waals surface area contributed by atoms with Gasteiger partial charge in [0.15, 0.2) is 0 Å². The van der Waals surface area contributed by atoms with E-state index in [9.17, 15) is 14.7 Å².